The highest BCUT2D eigenvalue weighted by Gasteiger charge is 2.32. The van der Waals surface area contributed by atoms with Gasteiger partial charge in [0.05, 0.1) is 21.2 Å². The molecule has 0 bridgehead atoms. The number of anilines is 1. The van der Waals surface area contributed by atoms with Crippen molar-refractivity contribution in [3.05, 3.63) is 94.0 Å². The zero-order valence-corrected chi connectivity index (χ0v) is 19.1. The van der Waals surface area contributed by atoms with Crippen molar-refractivity contribution in [2.75, 3.05) is 5.32 Å². The van der Waals surface area contributed by atoms with E-state index in [-0.39, 0.29) is 22.0 Å². The van der Waals surface area contributed by atoms with E-state index in [1.807, 2.05) is 0 Å². The van der Waals surface area contributed by atoms with E-state index in [1.54, 1.807) is 30.3 Å². The van der Waals surface area contributed by atoms with Crippen molar-refractivity contribution >= 4 is 44.8 Å². The van der Waals surface area contributed by atoms with Crippen molar-refractivity contribution in [3.63, 3.8) is 0 Å². The van der Waals surface area contributed by atoms with Gasteiger partial charge >= 0.3 is 6.18 Å². The van der Waals surface area contributed by atoms with Crippen LogP contribution in [0.5, 0.6) is 0 Å². The molecule has 3 rings (SSSR count). The Kier molecular flexibility index (Phi) is 7.69. The van der Waals surface area contributed by atoms with E-state index in [2.05, 4.69) is 10.0 Å². The van der Waals surface area contributed by atoms with Gasteiger partial charge in [-0.1, -0.05) is 53.5 Å². The molecule has 3 aromatic carbocycles. The number of halogens is 5. The van der Waals surface area contributed by atoms with Crippen molar-refractivity contribution < 1.29 is 26.4 Å². The first-order valence-corrected chi connectivity index (χ1v) is 11.7. The maximum Gasteiger partial charge on any atom is 0.416 e. The van der Waals surface area contributed by atoms with Crippen molar-refractivity contribution in [2.24, 2.45) is 0 Å². The maximum atomic E-state index is 13.1. The molecule has 0 aromatic heterocycles. The number of hydrogen-bond donors (Lipinski definition) is 2. The van der Waals surface area contributed by atoms with E-state index in [9.17, 15) is 26.4 Å². The molecule has 0 aliphatic heterocycles. The van der Waals surface area contributed by atoms with Gasteiger partial charge in [-0.3, -0.25) is 4.79 Å². The summed E-state index contributed by atoms with van der Waals surface area (Å²) in [6, 6.07) is 15.0. The number of carbonyl (C=O) groups is 1. The molecule has 0 unspecified atom stereocenters. The summed E-state index contributed by atoms with van der Waals surface area (Å²) < 4.78 is 67.2. The highest BCUT2D eigenvalue weighted by molar-refractivity contribution is 7.89. The van der Waals surface area contributed by atoms with Gasteiger partial charge in [0.25, 0.3) is 0 Å². The van der Waals surface area contributed by atoms with Crippen LogP contribution in [0.1, 0.15) is 11.1 Å². The van der Waals surface area contributed by atoms with Crippen molar-refractivity contribution in [1.29, 1.82) is 0 Å². The van der Waals surface area contributed by atoms with Gasteiger partial charge in [0.2, 0.25) is 15.9 Å². The van der Waals surface area contributed by atoms with Crippen molar-refractivity contribution in [2.45, 2.75) is 23.5 Å². The van der Waals surface area contributed by atoms with Gasteiger partial charge in [-0.2, -0.15) is 17.9 Å². The van der Waals surface area contributed by atoms with Gasteiger partial charge in [0, 0.05) is 5.02 Å². The molecule has 3 aromatic rings. The molecule has 0 fully saturated rings. The number of amides is 1. The maximum absolute atomic E-state index is 13.1. The number of hydrogen-bond acceptors (Lipinski definition) is 3. The smallest absolute Gasteiger partial charge is 0.323 e. The molecule has 0 heterocycles. The van der Waals surface area contributed by atoms with E-state index in [4.69, 9.17) is 23.2 Å². The first kappa shape index (κ1) is 25.0. The summed E-state index contributed by atoms with van der Waals surface area (Å²) in [5, 5.41) is 2.50. The van der Waals surface area contributed by atoms with Crippen LogP contribution in [-0.2, 0) is 27.4 Å². The second-order valence-corrected chi connectivity index (χ2v) is 9.56. The summed E-state index contributed by atoms with van der Waals surface area (Å²) in [5.74, 6) is -0.877. The number of alkyl halides is 3. The quantitative estimate of drug-likeness (QED) is 0.432. The summed E-state index contributed by atoms with van der Waals surface area (Å²) in [6.45, 7) is 0. The minimum absolute atomic E-state index is 0.0595. The number of carbonyl (C=O) groups excluding carboxylic acids is 1. The van der Waals surface area contributed by atoms with Gasteiger partial charge in [0.1, 0.15) is 6.04 Å². The third-order valence-corrected chi connectivity index (χ3v) is 6.64. The normalized spacial score (nSPS) is 12.9. The van der Waals surface area contributed by atoms with Crippen molar-refractivity contribution in [1.82, 2.24) is 4.72 Å². The second kappa shape index (κ2) is 10.1. The third kappa shape index (κ3) is 6.70. The molecule has 33 heavy (non-hydrogen) atoms. The molecular weight excluding hydrogens is 500 g/mol. The van der Waals surface area contributed by atoms with Crippen LogP contribution < -0.4 is 10.0 Å². The van der Waals surface area contributed by atoms with Crippen LogP contribution in [0.15, 0.2) is 77.7 Å². The lowest BCUT2D eigenvalue weighted by Gasteiger charge is -2.20. The van der Waals surface area contributed by atoms with E-state index in [0.717, 1.165) is 12.1 Å². The van der Waals surface area contributed by atoms with Crippen molar-refractivity contribution in [3.8, 4) is 0 Å². The molecular formula is C22H17Cl2F3N2O3S. The van der Waals surface area contributed by atoms with E-state index in [1.165, 1.54) is 24.3 Å². The molecule has 174 valence electrons. The lowest BCUT2D eigenvalue weighted by molar-refractivity contribution is -0.137. The Morgan fingerprint density at radius 2 is 1.58 bits per heavy atom. The molecule has 11 heteroatoms. The van der Waals surface area contributed by atoms with Gasteiger partial charge in [-0.25, -0.2) is 8.42 Å². The molecule has 0 spiro atoms. The van der Waals surface area contributed by atoms with Gasteiger partial charge < -0.3 is 5.32 Å². The van der Waals surface area contributed by atoms with Gasteiger partial charge in [-0.05, 0) is 54.4 Å². The lowest BCUT2D eigenvalue weighted by Crippen LogP contribution is -2.45. The number of sulfonamides is 1. The van der Waals surface area contributed by atoms with Crippen LogP contribution in [0.2, 0.25) is 10.0 Å². The Morgan fingerprint density at radius 1 is 0.939 bits per heavy atom. The number of benzene rings is 3. The molecule has 0 saturated carbocycles. The second-order valence-electron chi connectivity index (χ2n) is 7.00. The molecule has 5 nitrogen and oxygen atoms in total. The Balaban J connectivity index is 1.91. The molecule has 1 amide bonds. The van der Waals surface area contributed by atoms with Crippen LogP contribution >= 0.6 is 23.2 Å². The number of rotatable bonds is 7. The topological polar surface area (TPSA) is 75.3 Å². The minimum atomic E-state index is -4.65. The van der Waals surface area contributed by atoms with E-state index >= 15 is 0 Å². The highest BCUT2D eigenvalue weighted by Crippen LogP contribution is 2.34. The van der Waals surface area contributed by atoms with Crippen LogP contribution in [0.4, 0.5) is 18.9 Å². The zero-order valence-electron chi connectivity index (χ0n) is 16.7. The summed E-state index contributed by atoms with van der Waals surface area (Å²) in [7, 11) is -4.16. The van der Waals surface area contributed by atoms with Crippen LogP contribution in [0, 0.1) is 0 Å². The fraction of sp³-hybridized carbons (Fsp3) is 0.136. The highest BCUT2D eigenvalue weighted by atomic mass is 35.5. The minimum Gasteiger partial charge on any atom is -0.323 e. The molecule has 0 aliphatic carbocycles. The Hall–Kier alpha value is -2.59. The fourth-order valence-corrected chi connectivity index (χ4v) is 4.41. The number of nitrogens with one attached hydrogen (secondary N) is 2. The van der Waals surface area contributed by atoms with Crippen LogP contribution in [0.3, 0.4) is 0 Å². The SMILES string of the molecule is O=C(Nc1cc(C(F)(F)F)ccc1Cl)[C@@H](Cc1ccccc1)NS(=O)(=O)c1ccc(Cl)cc1. The summed E-state index contributed by atoms with van der Waals surface area (Å²) in [4.78, 5) is 12.9. The molecule has 2 N–H and O–H groups in total. The predicted molar refractivity (Wildman–Crippen MR) is 121 cm³/mol. The van der Waals surface area contributed by atoms with Gasteiger partial charge in [-0.15, -0.1) is 0 Å². The average Bonchev–Trinajstić information content (AvgIpc) is 2.75. The molecule has 1 atom stereocenters. The largest absolute Gasteiger partial charge is 0.416 e. The summed E-state index contributed by atoms with van der Waals surface area (Å²) in [5.41, 5.74) is -0.671. The molecule has 0 saturated heterocycles. The first-order chi connectivity index (χ1) is 15.5. The van der Waals surface area contributed by atoms with Gasteiger partial charge in [0.15, 0.2) is 0 Å². The lowest BCUT2D eigenvalue weighted by atomic mass is 10.1. The first-order valence-electron chi connectivity index (χ1n) is 9.45. The fourth-order valence-electron chi connectivity index (χ4n) is 2.92. The standard InChI is InChI=1S/C22H17Cl2F3N2O3S/c23-16-7-9-17(10-8-16)33(31,32)29-20(12-14-4-2-1-3-5-14)21(30)28-19-13-15(22(25,26)27)6-11-18(19)24/h1-11,13,20,29H,12H2,(H,28,30)/t20-/m1/s1. The Bertz CT molecular complexity index is 1240. The third-order valence-electron chi connectivity index (χ3n) is 4.57. The van der Waals surface area contributed by atoms with E-state index in [0.29, 0.717) is 16.7 Å². The Morgan fingerprint density at radius 3 is 2.18 bits per heavy atom. The zero-order chi connectivity index (χ0) is 24.2. The molecule has 0 aliphatic rings. The van der Waals surface area contributed by atoms with Crippen LogP contribution in [0.25, 0.3) is 0 Å². The Labute approximate surface area is 198 Å². The summed E-state index contributed by atoms with van der Waals surface area (Å²) in [6.07, 6.45) is -4.71. The van der Waals surface area contributed by atoms with E-state index < -0.39 is 33.7 Å². The molecule has 0 radical (unpaired) electrons. The predicted octanol–water partition coefficient (Wildman–Crippen LogP) is 5.54. The average molecular weight is 517 g/mol. The van der Waals surface area contributed by atoms with Crippen LogP contribution in [-0.4, -0.2) is 20.4 Å². The monoisotopic (exact) mass is 516 g/mol. The summed E-state index contributed by atoms with van der Waals surface area (Å²) >= 11 is 11.8.